The highest BCUT2D eigenvalue weighted by molar-refractivity contribution is 7.89. The van der Waals surface area contributed by atoms with Crippen LogP contribution in [0.5, 0.6) is 0 Å². The first-order chi connectivity index (χ1) is 12.3. The van der Waals surface area contributed by atoms with E-state index in [0.717, 1.165) is 25.0 Å². The molecule has 2 N–H and O–H groups in total. The van der Waals surface area contributed by atoms with Crippen molar-refractivity contribution in [3.63, 3.8) is 0 Å². The summed E-state index contributed by atoms with van der Waals surface area (Å²) in [7, 11) is -3.72. The number of halogens is 1. The van der Waals surface area contributed by atoms with Crippen molar-refractivity contribution >= 4 is 27.3 Å². The fourth-order valence-corrected chi connectivity index (χ4v) is 3.58. The number of benzene rings is 2. The summed E-state index contributed by atoms with van der Waals surface area (Å²) in [6, 6.07) is 8.26. The van der Waals surface area contributed by atoms with E-state index >= 15 is 0 Å². The Morgan fingerprint density at radius 2 is 1.92 bits per heavy atom. The van der Waals surface area contributed by atoms with Crippen LogP contribution in [-0.2, 0) is 10.0 Å². The number of sulfonamides is 1. The van der Waals surface area contributed by atoms with E-state index in [4.69, 9.17) is 0 Å². The third kappa shape index (κ3) is 4.03. The molecule has 8 nitrogen and oxygen atoms in total. The van der Waals surface area contributed by atoms with E-state index in [0.29, 0.717) is 0 Å². The molecule has 136 valence electrons. The fourth-order valence-electron chi connectivity index (χ4n) is 2.23. The number of rotatable bonds is 6. The van der Waals surface area contributed by atoms with Crippen LogP contribution in [0.25, 0.3) is 0 Å². The minimum atomic E-state index is -3.72. The van der Waals surface area contributed by atoms with Gasteiger partial charge in [0.1, 0.15) is 0 Å². The Balaban J connectivity index is 1.81. The molecule has 1 aliphatic carbocycles. The van der Waals surface area contributed by atoms with Gasteiger partial charge in [-0.15, -0.1) is 0 Å². The molecule has 0 radical (unpaired) electrons. The SMILES string of the molecule is O=C(Nc1ccc(F)c([N+](=O)[O-])c1)c1cccc(S(=O)(=O)NC2CC2)c1. The van der Waals surface area contributed by atoms with Crippen LogP contribution in [-0.4, -0.2) is 25.3 Å². The van der Waals surface area contributed by atoms with Gasteiger partial charge in [0, 0.05) is 23.4 Å². The van der Waals surface area contributed by atoms with Crippen LogP contribution < -0.4 is 10.0 Å². The topological polar surface area (TPSA) is 118 Å². The lowest BCUT2D eigenvalue weighted by atomic mass is 10.2. The normalized spacial score (nSPS) is 14.0. The molecule has 1 saturated carbocycles. The van der Waals surface area contributed by atoms with Gasteiger partial charge in [0.25, 0.3) is 5.91 Å². The number of hydrogen-bond acceptors (Lipinski definition) is 5. The monoisotopic (exact) mass is 379 g/mol. The molecule has 1 aliphatic rings. The van der Waals surface area contributed by atoms with E-state index < -0.39 is 32.4 Å². The van der Waals surface area contributed by atoms with Crippen LogP contribution in [0.4, 0.5) is 15.8 Å². The van der Waals surface area contributed by atoms with Crippen LogP contribution in [0.2, 0.25) is 0 Å². The van der Waals surface area contributed by atoms with Gasteiger partial charge in [-0.3, -0.25) is 14.9 Å². The van der Waals surface area contributed by atoms with E-state index in [1.165, 1.54) is 30.3 Å². The fraction of sp³-hybridized carbons (Fsp3) is 0.188. The lowest BCUT2D eigenvalue weighted by molar-refractivity contribution is -0.387. The van der Waals surface area contributed by atoms with Crippen LogP contribution in [0.3, 0.4) is 0 Å². The van der Waals surface area contributed by atoms with Gasteiger partial charge in [0.15, 0.2) is 0 Å². The van der Waals surface area contributed by atoms with E-state index in [9.17, 15) is 27.7 Å². The largest absolute Gasteiger partial charge is 0.322 e. The number of anilines is 1. The molecule has 0 unspecified atom stereocenters. The molecule has 1 fully saturated rings. The number of amides is 1. The van der Waals surface area contributed by atoms with Crippen molar-refractivity contribution in [1.82, 2.24) is 4.72 Å². The summed E-state index contributed by atoms with van der Waals surface area (Å²) in [6.07, 6.45) is 1.56. The van der Waals surface area contributed by atoms with Crippen molar-refractivity contribution in [2.24, 2.45) is 0 Å². The van der Waals surface area contributed by atoms with E-state index in [1.807, 2.05) is 0 Å². The second kappa shape index (κ2) is 6.81. The molecule has 0 aromatic heterocycles. The zero-order chi connectivity index (χ0) is 18.9. The molecule has 0 heterocycles. The minimum Gasteiger partial charge on any atom is -0.322 e. The molecule has 10 heteroatoms. The zero-order valence-corrected chi connectivity index (χ0v) is 14.1. The maximum Gasteiger partial charge on any atom is 0.306 e. The number of carbonyl (C=O) groups excluding carboxylic acids is 1. The van der Waals surface area contributed by atoms with Gasteiger partial charge in [0.05, 0.1) is 9.82 Å². The van der Waals surface area contributed by atoms with Crippen molar-refractivity contribution in [2.45, 2.75) is 23.8 Å². The van der Waals surface area contributed by atoms with E-state index in [-0.39, 0.29) is 22.2 Å². The number of hydrogen-bond donors (Lipinski definition) is 2. The molecule has 2 aromatic rings. The van der Waals surface area contributed by atoms with Gasteiger partial charge in [-0.25, -0.2) is 13.1 Å². The van der Waals surface area contributed by atoms with Crippen molar-refractivity contribution < 1.29 is 22.5 Å². The van der Waals surface area contributed by atoms with Crippen LogP contribution in [0.15, 0.2) is 47.4 Å². The van der Waals surface area contributed by atoms with Crippen molar-refractivity contribution in [2.75, 3.05) is 5.32 Å². The first-order valence-electron chi connectivity index (χ1n) is 7.64. The maximum atomic E-state index is 13.3. The number of nitro benzene ring substituents is 1. The highest BCUT2D eigenvalue weighted by atomic mass is 32.2. The molecule has 0 aliphatic heterocycles. The number of nitrogens with zero attached hydrogens (tertiary/aromatic N) is 1. The molecular formula is C16H14FN3O5S. The third-order valence-electron chi connectivity index (χ3n) is 3.71. The van der Waals surface area contributed by atoms with Crippen LogP contribution in [0, 0.1) is 15.9 Å². The molecule has 26 heavy (non-hydrogen) atoms. The summed E-state index contributed by atoms with van der Waals surface area (Å²) in [4.78, 5) is 22.1. The quantitative estimate of drug-likeness (QED) is 0.590. The summed E-state index contributed by atoms with van der Waals surface area (Å²) in [5, 5.41) is 13.1. The highest BCUT2D eigenvalue weighted by Gasteiger charge is 2.28. The predicted molar refractivity (Wildman–Crippen MR) is 90.8 cm³/mol. The van der Waals surface area contributed by atoms with Crippen molar-refractivity contribution in [1.29, 1.82) is 0 Å². The molecule has 0 atom stereocenters. The molecule has 0 bridgehead atoms. The minimum absolute atomic E-state index is 0.0208. The average Bonchev–Trinajstić information content (AvgIpc) is 3.39. The third-order valence-corrected chi connectivity index (χ3v) is 5.22. The van der Waals surface area contributed by atoms with E-state index in [1.54, 1.807) is 0 Å². The lowest BCUT2D eigenvalue weighted by Crippen LogP contribution is -2.26. The summed E-state index contributed by atoms with van der Waals surface area (Å²) in [5.41, 5.74) is -0.698. The molecule has 1 amide bonds. The molecule has 0 spiro atoms. The van der Waals surface area contributed by atoms with Gasteiger partial charge >= 0.3 is 5.69 Å². The number of nitrogens with one attached hydrogen (secondary N) is 2. The van der Waals surface area contributed by atoms with Crippen molar-refractivity contribution in [3.05, 3.63) is 64.0 Å². The van der Waals surface area contributed by atoms with Gasteiger partial charge in [-0.1, -0.05) is 6.07 Å². The summed E-state index contributed by atoms with van der Waals surface area (Å²) < 4.78 is 40.3. The van der Waals surface area contributed by atoms with Gasteiger partial charge in [0.2, 0.25) is 15.8 Å². The Kier molecular flexibility index (Phi) is 4.70. The first kappa shape index (κ1) is 18.0. The Morgan fingerprint density at radius 3 is 2.58 bits per heavy atom. The first-order valence-corrected chi connectivity index (χ1v) is 9.12. The standard InChI is InChI=1S/C16H14FN3O5S/c17-14-7-6-12(9-15(14)20(22)23)18-16(21)10-2-1-3-13(8-10)26(24,25)19-11-4-5-11/h1-3,6-9,11,19H,4-5H2,(H,18,21). The van der Waals surface area contributed by atoms with Gasteiger partial charge in [-0.2, -0.15) is 4.39 Å². The van der Waals surface area contributed by atoms with E-state index in [2.05, 4.69) is 10.0 Å². The van der Waals surface area contributed by atoms with Crippen LogP contribution in [0.1, 0.15) is 23.2 Å². The summed E-state index contributed by atoms with van der Waals surface area (Å²) >= 11 is 0. The summed E-state index contributed by atoms with van der Waals surface area (Å²) in [5.74, 6) is -1.69. The average molecular weight is 379 g/mol. The number of nitro groups is 1. The lowest BCUT2D eigenvalue weighted by Gasteiger charge is -2.08. The molecule has 0 saturated heterocycles. The second-order valence-electron chi connectivity index (χ2n) is 5.80. The molecule has 3 rings (SSSR count). The van der Waals surface area contributed by atoms with Gasteiger partial charge < -0.3 is 5.32 Å². The predicted octanol–water partition coefficient (Wildman–Crippen LogP) is 2.43. The summed E-state index contributed by atoms with van der Waals surface area (Å²) in [6.45, 7) is 0. The smallest absolute Gasteiger partial charge is 0.306 e. The van der Waals surface area contributed by atoms with Crippen LogP contribution >= 0.6 is 0 Å². The maximum absolute atomic E-state index is 13.3. The van der Waals surface area contributed by atoms with Crippen molar-refractivity contribution in [3.8, 4) is 0 Å². The molecule has 2 aromatic carbocycles. The number of carbonyl (C=O) groups is 1. The Bertz CT molecular complexity index is 989. The molecular weight excluding hydrogens is 365 g/mol. The van der Waals surface area contributed by atoms with Gasteiger partial charge in [-0.05, 0) is 43.2 Å². The Hall–Kier alpha value is -2.85. The Morgan fingerprint density at radius 1 is 1.19 bits per heavy atom. The second-order valence-corrected chi connectivity index (χ2v) is 7.51. The Labute approximate surface area is 148 Å². The highest BCUT2D eigenvalue weighted by Crippen LogP contribution is 2.24. The zero-order valence-electron chi connectivity index (χ0n) is 13.3.